The zero-order valence-electron chi connectivity index (χ0n) is 16.5. The molecule has 2 aromatic heterocycles. The molecule has 1 atom stereocenters. The van der Waals surface area contributed by atoms with Crippen LogP contribution in [0.3, 0.4) is 0 Å². The smallest absolute Gasteiger partial charge is 0.222 e. The Morgan fingerprint density at radius 3 is 2.61 bits per heavy atom. The minimum Gasteiger partial charge on any atom is -0.497 e. The van der Waals surface area contributed by atoms with E-state index in [1.54, 1.807) is 7.11 Å². The van der Waals surface area contributed by atoms with Crippen LogP contribution in [0.15, 0.2) is 42.6 Å². The highest BCUT2D eigenvalue weighted by Gasteiger charge is 2.27. The van der Waals surface area contributed by atoms with Gasteiger partial charge in [-0.2, -0.15) is 10.1 Å². The van der Waals surface area contributed by atoms with Crippen molar-refractivity contribution in [3.05, 3.63) is 59.8 Å². The molecule has 0 bridgehead atoms. The van der Waals surface area contributed by atoms with E-state index in [-0.39, 0.29) is 0 Å². The third-order valence-corrected chi connectivity index (χ3v) is 5.08. The summed E-state index contributed by atoms with van der Waals surface area (Å²) in [6, 6.07) is 11.4. The van der Waals surface area contributed by atoms with Crippen LogP contribution in [0, 0.1) is 6.92 Å². The third kappa shape index (κ3) is 4.14. The molecule has 0 N–H and O–H groups in total. The standard InChI is InChI=1S/C21H25N5O2/c1-15-12-20(28-19-6-4-18(27-3)5-7-19)24-21(23-15)16-9-11-26(13-16)14-17-8-10-22-25(17)2/h4-8,10,12,16H,9,11,13-14H2,1-3H3/t16-/m0/s1. The van der Waals surface area contributed by atoms with Gasteiger partial charge >= 0.3 is 0 Å². The molecule has 0 unspecified atom stereocenters. The second kappa shape index (κ2) is 7.98. The molecule has 0 aliphatic carbocycles. The number of likely N-dealkylation sites (tertiary alicyclic amines) is 1. The van der Waals surface area contributed by atoms with Gasteiger partial charge in [0, 0.05) is 44.0 Å². The van der Waals surface area contributed by atoms with Gasteiger partial charge < -0.3 is 9.47 Å². The molecule has 1 saturated heterocycles. The molecule has 1 aliphatic heterocycles. The van der Waals surface area contributed by atoms with Gasteiger partial charge in [0.1, 0.15) is 17.3 Å². The van der Waals surface area contributed by atoms with Crippen molar-refractivity contribution >= 4 is 0 Å². The van der Waals surface area contributed by atoms with Gasteiger partial charge in [0.05, 0.1) is 12.8 Å². The zero-order chi connectivity index (χ0) is 19.5. The summed E-state index contributed by atoms with van der Waals surface area (Å²) >= 11 is 0. The van der Waals surface area contributed by atoms with Gasteiger partial charge in [0.15, 0.2) is 0 Å². The molecule has 3 heterocycles. The van der Waals surface area contributed by atoms with Crippen LogP contribution in [0.25, 0.3) is 0 Å². The highest BCUT2D eigenvalue weighted by Crippen LogP contribution is 2.29. The molecule has 1 aliphatic rings. The van der Waals surface area contributed by atoms with Crippen LogP contribution >= 0.6 is 0 Å². The lowest BCUT2D eigenvalue weighted by Crippen LogP contribution is -2.21. The van der Waals surface area contributed by atoms with Crippen molar-refractivity contribution in [1.82, 2.24) is 24.6 Å². The molecule has 0 spiro atoms. The van der Waals surface area contributed by atoms with Crippen molar-refractivity contribution in [1.29, 1.82) is 0 Å². The highest BCUT2D eigenvalue weighted by molar-refractivity contribution is 5.34. The van der Waals surface area contributed by atoms with Crippen LogP contribution < -0.4 is 9.47 Å². The van der Waals surface area contributed by atoms with Crippen molar-refractivity contribution < 1.29 is 9.47 Å². The number of aromatic nitrogens is 4. The Hall–Kier alpha value is -2.93. The van der Waals surface area contributed by atoms with Crippen molar-refractivity contribution in [3.63, 3.8) is 0 Å². The highest BCUT2D eigenvalue weighted by atomic mass is 16.5. The van der Waals surface area contributed by atoms with Crippen molar-refractivity contribution in [3.8, 4) is 17.4 Å². The van der Waals surface area contributed by atoms with Gasteiger partial charge in [-0.25, -0.2) is 4.98 Å². The van der Waals surface area contributed by atoms with E-state index in [1.165, 1.54) is 5.69 Å². The molecule has 1 aromatic carbocycles. The van der Waals surface area contributed by atoms with Crippen LogP contribution in [0.4, 0.5) is 0 Å². The SMILES string of the molecule is COc1ccc(Oc2cc(C)nc([C@H]3CCN(Cc4ccnn4C)C3)n2)cc1. The van der Waals surface area contributed by atoms with Gasteiger partial charge in [-0.1, -0.05) is 0 Å². The molecular formula is C21H25N5O2. The summed E-state index contributed by atoms with van der Waals surface area (Å²) in [5, 5.41) is 4.25. The van der Waals surface area contributed by atoms with E-state index in [9.17, 15) is 0 Å². The number of rotatable bonds is 6. The topological polar surface area (TPSA) is 65.3 Å². The Labute approximate surface area is 164 Å². The predicted octanol–water partition coefficient (Wildman–Crippen LogP) is 3.31. The number of methoxy groups -OCH3 is 1. The first-order valence-electron chi connectivity index (χ1n) is 9.47. The summed E-state index contributed by atoms with van der Waals surface area (Å²) in [5.74, 6) is 3.28. The molecule has 4 rings (SSSR count). The molecule has 1 fully saturated rings. The van der Waals surface area contributed by atoms with Gasteiger partial charge in [0.2, 0.25) is 5.88 Å². The molecule has 3 aromatic rings. The predicted molar refractivity (Wildman–Crippen MR) is 106 cm³/mol. The van der Waals surface area contributed by atoms with Crippen LogP contribution in [0.5, 0.6) is 17.4 Å². The Morgan fingerprint density at radius 2 is 1.89 bits per heavy atom. The van der Waals surface area contributed by atoms with Gasteiger partial charge in [-0.3, -0.25) is 9.58 Å². The van der Waals surface area contributed by atoms with Crippen molar-refractivity contribution in [2.75, 3.05) is 20.2 Å². The quantitative estimate of drug-likeness (QED) is 0.655. The maximum Gasteiger partial charge on any atom is 0.222 e. The molecule has 7 nitrogen and oxygen atoms in total. The lowest BCUT2D eigenvalue weighted by Gasteiger charge is -2.16. The van der Waals surface area contributed by atoms with Crippen LogP contribution in [-0.4, -0.2) is 44.8 Å². The van der Waals surface area contributed by atoms with E-state index >= 15 is 0 Å². The number of aryl methyl sites for hydroxylation is 2. The number of benzene rings is 1. The first-order valence-corrected chi connectivity index (χ1v) is 9.47. The van der Waals surface area contributed by atoms with E-state index in [1.807, 2.05) is 55.2 Å². The summed E-state index contributed by atoms with van der Waals surface area (Å²) < 4.78 is 13.1. The average Bonchev–Trinajstić information content (AvgIpc) is 3.32. The number of nitrogens with zero attached hydrogens (tertiary/aromatic N) is 5. The van der Waals surface area contributed by atoms with Crippen LogP contribution in [0.2, 0.25) is 0 Å². The molecule has 0 amide bonds. The Balaban J connectivity index is 1.45. The molecule has 28 heavy (non-hydrogen) atoms. The van der Waals surface area contributed by atoms with Gasteiger partial charge in [-0.05, 0) is 50.2 Å². The van der Waals surface area contributed by atoms with E-state index in [0.717, 1.165) is 49.1 Å². The first-order chi connectivity index (χ1) is 13.6. The summed E-state index contributed by atoms with van der Waals surface area (Å²) in [6.07, 6.45) is 2.89. The average molecular weight is 379 g/mol. The lowest BCUT2D eigenvalue weighted by molar-refractivity contribution is 0.315. The second-order valence-corrected chi connectivity index (χ2v) is 7.15. The van der Waals surface area contributed by atoms with Crippen LogP contribution in [-0.2, 0) is 13.6 Å². The van der Waals surface area contributed by atoms with Gasteiger partial charge in [0.25, 0.3) is 0 Å². The fraction of sp³-hybridized carbons (Fsp3) is 0.381. The molecular weight excluding hydrogens is 354 g/mol. The maximum atomic E-state index is 5.95. The summed E-state index contributed by atoms with van der Waals surface area (Å²) in [6.45, 7) is 4.85. The van der Waals surface area contributed by atoms with Crippen molar-refractivity contribution in [2.45, 2.75) is 25.8 Å². The normalized spacial score (nSPS) is 17.0. The monoisotopic (exact) mass is 379 g/mol. The van der Waals surface area contributed by atoms with Crippen molar-refractivity contribution in [2.24, 2.45) is 7.05 Å². The number of hydrogen-bond acceptors (Lipinski definition) is 6. The number of ether oxygens (including phenoxy) is 2. The summed E-state index contributed by atoms with van der Waals surface area (Å²) in [5.41, 5.74) is 2.13. The molecule has 146 valence electrons. The van der Waals surface area contributed by atoms with E-state index < -0.39 is 0 Å². The number of hydrogen-bond donors (Lipinski definition) is 0. The van der Waals surface area contributed by atoms with E-state index in [4.69, 9.17) is 14.5 Å². The summed E-state index contributed by atoms with van der Waals surface area (Å²) in [7, 11) is 3.63. The summed E-state index contributed by atoms with van der Waals surface area (Å²) in [4.78, 5) is 11.8. The lowest BCUT2D eigenvalue weighted by atomic mass is 10.1. The van der Waals surface area contributed by atoms with Crippen LogP contribution in [0.1, 0.15) is 29.6 Å². The second-order valence-electron chi connectivity index (χ2n) is 7.15. The maximum absolute atomic E-state index is 5.95. The molecule has 0 saturated carbocycles. The van der Waals surface area contributed by atoms with E-state index in [0.29, 0.717) is 11.8 Å². The molecule has 0 radical (unpaired) electrons. The minimum atomic E-state index is 0.311. The Kier molecular flexibility index (Phi) is 5.25. The minimum absolute atomic E-state index is 0.311. The van der Waals surface area contributed by atoms with E-state index in [2.05, 4.69) is 21.0 Å². The Bertz CT molecular complexity index is 938. The fourth-order valence-electron chi connectivity index (χ4n) is 3.53. The third-order valence-electron chi connectivity index (χ3n) is 5.08. The largest absolute Gasteiger partial charge is 0.497 e. The zero-order valence-corrected chi connectivity index (χ0v) is 16.5. The Morgan fingerprint density at radius 1 is 1.11 bits per heavy atom. The fourth-order valence-corrected chi connectivity index (χ4v) is 3.53. The first kappa shape index (κ1) is 18.4. The van der Waals surface area contributed by atoms with Gasteiger partial charge in [-0.15, -0.1) is 0 Å². The molecule has 7 heteroatoms.